The molecule has 1 fully saturated rings. The predicted octanol–water partition coefficient (Wildman–Crippen LogP) is 2.35. The summed E-state index contributed by atoms with van der Waals surface area (Å²) >= 11 is 0. The molecule has 1 unspecified atom stereocenters. The van der Waals surface area contributed by atoms with Gasteiger partial charge in [0, 0.05) is 25.0 Å². The van der Waals surface area contributed by atoms with Crippen LogP contribution in [-0.4, -0.2) is 43.1 Å². The third-order valence-electron chi connectivity index (χ3n) is 4.28. The quantitative estimate of drug-likeness (QED) is 0.910. The van der Waals surface area contributed by atoms with Gasteiger partial charge >= 0.3 is 0 Å². The summed E-state index contributed by atoms with van der Waals surface area (Å²) in [7, 11) is 4.34. The zero-order chi connectivity index (χ0) is 14.1. The van der Waals surface area contributed by atoms with Gasteiger partial charge in [0.15, 0.2) is 0 Å². The summed E-state index contributed by atoms with van der Waals surface area (Å²) < 4.78 is 0. The monoisotopic (exact) mass is 270 g/mol. The van der Waals surface area contributed by atoms with Gasteiger partial charge in [-0.25, -0.2) is 0 Å². The van der Waals surface area contributed by atoms with E-state index in [4.69, 9.17) is 5.73 Å². The molecule has 0 amide bonds. The fourth-order valence-corrected chi connectivity index (χ4v) is 3.17. The number of rotatable bonds is 2. The first-order valence-electron chi connectivity index (χ1n) is 7.21. The van der Waals surface area contributed by atoms with E-state index < -0.39 is 0 Å². The second-order valence-corrected chi connectivity index (χ2v) is 5.75. The number of para-hydroxylation sites is 1. The molecule has 1 aromatic heterocycles. The SMILES string of the molecule is CN1CCCC(N(C)c2c(N)cnc3ccccc23)C1. The standard InChI is InChI=1S/C16H22N4/c1-19-9-5-6-12(11-19)20(2)16-13-7-3-4-8-15(13)18-10-14(16)17/h3-4,7-8,10,12H,5-6,9,11,17H2,1-2H3. The molecule has 0 aliphatic carbocycles. The number of hydrogen-bond acceptors (Lipinski definition) is 4. The average molecular weight is 270 g/mol. The van der Waals surface area contributed by atoms with Gasteiger partial charge in [-0.15, -0.1) is 0 Å². The molecule has 4 nitrogen and oxygen atoms in total. The maximum absolute atomic E-state index is 6.21. The summed E-state index contributed by atoms with van der Waals surface area (Å²) in [5, 5.41) is 1.14. The number of hydrogen-bond donors (Lipinski definition) is 1. The zero-order valence-electron chi connectivity index (χ0n) is 12.2. The zero-order valence-corrected chi connectivity index (χ0v) is 12.2. The minimum absolute atomic E-state index is 0.516. The van der Waals surface area contributed by atoms with E-state index in [9.17, 15) is 0 Å². The number of likely N-dealkylation sites (tertiary alicyclic amines) is 1. The van der Waals surface area contributed by atoms with E-state index in [-0.39, 0.29) is 0 Å². The van der Waals surface area contributed by atoms with Crippen molar-refractivity contribution in [1.29, 1.82) is 0 Å². The van der Waals surface area contributed by atoms with E-state index in [1.807, 2.05) is 18.2 Å². The fourth-order valence-electron chi connectivity index (χ4n) is 3.17. The summed E-state index contributed by atoms with van der Waals surface area (Å²) in [5.41, 5.74) is 9.10. The van der Waals surface area contributed by atoms with Crippen LogP contribution in [0.2, 0.25) is 0 Å². The number of nitrogens with zero attached hydrogens (tertiary/aromatic N) is 3. The molecule has 2 aromatic rings. The van der Waals surface area contributed by atoms with Crippen LogP contribution in [0, 0.1) is 0 Å². The minimum atomic E-state index is 0.516. The van der Waals surface area contributed by atoms with E-state index in [2.05, 4.69) is 34.9 Å². The molecule has 1 atom stereocenters. The van der Waals surface area contributed by atoms with Gasteiger partial charge in [0.1, 0.15) is 0 Å². The van der Waals surface area contributed by atoms with Crippen molar-refractivity contribution >= 4 is 22.3 Å². The van der Waals surface area contributed by atoms with Crippen molar-refractivity contribution in [1.82, 2.24) is 9.88 Å². The van der Waals surface area contributed by atoms with Crippen LogP contribution in [0.5, 0.6) is 0 Å². The molecule has 2 N–H and O–H groups in total. The van der Waals surface area contributed by atoms with Crippen LogP contribution >= 0.6 is 0 Å². The van der Waals surface area contributed by atoms with E-state index in [0.29, 0.717) is 6.04 Å². The summed E-state index contributed by atoms with van der Waals surface area (Å²) in [6, 6.07) is 8.73. The van der Waals surface area contributed by atoms with Crippen LogP contribution in [0.25, 0.3) is 10.9 Å². The van der Waals surface area contributed by atoms with Crippen LogP contribution in [0.1, 0.15) is 12.8 Å². The van der Waals surface area contributed by atoms with Crippen molar-refractivity contribution in [2.75, 3.05) is 37.8 Å². The Morgan fingerprint density at radius 2 is 2.15 bits per heavy atom. The maximum Gasteiger partial charge on any atom is 0.0745 e. The Balaban J connectivity index is 2.02. The lowest BCUT2D eigenvalue weighted by Gasteiger charge is -2.38. The third kappa shape index (κ3) is 2.31. The highest BCUT2D eigenvalue weighted by atomic mass is 15.2. The molecule has 1 aromatic carbocycles. The van der Waals surface area contributed by atoms with Crippen LogP contribution in [0.4, 0.5) is 11.4 Å². The number of aromatic nitrogens is 1. The molecule has 0 saturated carbocycles. The molecule has 1 saturated heterocycles. The molecule has 20 heavy (non-hydrogen) atoms. The summed E-state index contributed by atoms with van der Waals surface area (Å²) in [5.74, 6) is 0. The van der Waals surface area contributed by atoms with Crippen molar-refractivity contribution in [2.45, 2.75) is 18.9 Å². The first-order chi connectivity index (χ1) is 9.66. The van der Waals surface area contributed by atoms with Gasteiger partial charge in [0.05, 0.1) is 23.1 Å². The van der Waals surface area contributed by atoms with E-state index >= 15 is 0 Å². The molecule has 106 valence electrons. The smallest absolute Gasteiger partial charge is 0.0745 e. The minimum Gasteiger partial charge on any atom is -0.396 e. The second kappa shape index (κ2) is 5.29. The molecule has 0 radical (unpaired) electrons. The molecular formula is C16H22N4. The molecule has 3 rings (SSSR count). The Bertz CT molecular complexity index is 610. The molecule has 0 bridgehead atoms. The average Bonchev–Trinajstić information content (AvgIpc) is 2.46. The highest BCUT2D eigenvalue weighted by Crippen LogP contribution is 2.33. The second-order valence-electron chi connectivity index (χ2n) is 5.75. The molecule has 1 aliphatic heterocycles. The Morgan fingerprint density at radius 3 is 2.95 bits per heavy atom. The van der Waals surface area contributed by atoms with Gasteiger partial charge < -0.3 is 15.5 Å². The molecule has 2 heterocycles. The Labute approximate surface area is 120 Å². The van der Waals surface area contributed by atoms with Crippen molar-refractivity contribution in [3.05, 3.63) is 30.5 Å². The van der Waals surface area contributed by atoms with Crippen LogP contribution < -0.4 is 10.6 Å². The van der Waals surface area contributed by atoms with Crippen molar-refractivity contribution in [2.24, 2.45) is 0 Å². The van der Waals surface area contributed by atoms with Gasteiger partial charge in [0.2, 0.25) is 0 Å². The first kappa shape index (κ1) is 13.2. The predicted molar refractivity (Wildman–Crippen MR) is 85.1 cm³/mol. The van der Waals surface area contributed by atoms with Crippen molar-refractivity contribution in [3.8, 4) is 0 Å². The molecular weight excluding hydrogens is 248 g/mol. The van der Waals surface area contributed by atoms with Crippen molar-refractivity contribution in [3.63, 3.8) is 0 Å². The van der Waals surface area contributed by atoms with Crippen molar-refractivity contribution < 1.29 is 0 Å². The normalized spacial score (nSPS) is 20.2. The number of anilines is 2. The van der Waals surface area contributed by atoms with Gasteiger partial charge in [-0.05, 0) is 32.5 Å². The Kier molecular flexibility index (Phi) is 3.49. The Morgan fingerprint density at radius 1 is 1.35 bits per heavy atom. The number of likely N-dealkylation sites (N-methyl/N-ethyl adjacent to an activating group) is 2. The number of nitrogens with two attached hydrogens (primary N) is 1. The molecule has 4 heteroatoms. The first-order valence-corrected chi connectivity index (χ1v) is 7.21. The van der Waals surface area contributed by atoms with Gasteiger partial charge in [-0.3, -0.25) is 4.98 Å². The number of benzene rings is 1. The van der Waals surface area contributed by atoms with Gasteiger partial charge in [-0.2, -0.15) is 0 Å². The number of pyridine rings is 1. The lowest BCUT2D eigenvalue weighted by atomic mass is 10.0. The van der Waals surface area contributed by atoms with Crippen LogP contribution in [0.3, 0.4) is 0 Å². The number of fused-ring (bicyclic) bond motifs is 1. The largest absolute Gasteiger partial charge is 0.396 e. The topological polar surface area (TPSA) is 45.4 Å². The summed E-state index contributed by atoms with van der Waals surface area (Å²) in [6.07, 6.45) is 4.24. The van der Waals surface area contributed by atoms with E-state index in [1.165, 1.54) is 19.4 Å². The third-order valence-corrected chi connectivity index (χ3v) is 4.28. The van der Waals surface area contributed by atoms with E-state index in [1.54, 1.807) is 6.20 Å². The summed E-state index contributed by atoms with van der Waals surface area (Å²) in [4.78, 5) is 9.16. The Hall–Kier alpha value is -1.81. The van der Waals surface area contributed by atoms with Gasteiger partial charge in [0.25, 0.3) is 0 Å². The number of piperidine rings is 1. The lowest BCUT2D eigenvalue weighted by molar-refractivity contribution is 0.248. The number of nitrogen functional groups attached to an aromatic ring is 1. The highest BCUT2D eigenvalue weighted by Gasteiger charge is 2.23. The molecule has 0 spiro atoms. The maximum atomic E-state index is 6.21. The van der Waals surface area contributed by atoms with E-state index in [0.717, 1.165) is 28.8 Å². The highest BCUT2D eigenvalue weighted by molar-refractivity contribution is 5.97. The summed E-state index contributed by atoms with van der Waals surface area (Å²) in [6.45, 7) is 2.28. The fraction of sp³-hybridized carbons (Fsp3) is 0.438. The van der Waals surface area contributed by atoms with Gasteiger partial charge in [-0.1, -0.05) is 18.2 Å². The molecule has 1 aliphatic rings. The lowest BCUT2D eigenvalue weighted by Crippen LogP contribution is -2.45. The van der Waals surface area contributed by atoms with Crippen LogP contribution in [0.15, 0.2) is 30.5 Å². The van der Waals surface area contributed by atoms with Crippen LogP contribution in [-0.2, 0) is 0 Å².